The van der Waals surface area contributed by atoms with Crippen molar-refractivity contribution in [2.45, 2.75) is 79.8 Å². The molecule has 0 aliphatic heterocycles. The molecule has 0 N–H and O–H groups in total. The Morgan fingerprint density at radius 2 is 1.61 bits per heavy atom. The van der Waals surface area contributed by atoms with Crippen LogP contribution in [0.4, 0.5) is 4.79 Å². The van der Waals surface area contributed by atoms with Crippen molar-refractivity contribution in [2.24, 2.45) is 11.3 Å². The Morgan fingerprint density at radius 3 is 2.04 bits per heavy atom. The van der Waals surface area contributed by atoms with Gasteiger partial charge in [-0.2, -0.15) is 0 Å². The fourth-order valence-corrected chi connectivity index (χ4v) is 2.79. The summed E-state index contributed by atoms with van der Waals surface area (Å²) in [6.45, 7) is 12.2. The second-order valence-corrected chi connectivity index (χ2v) is 6.25. The first-order valence-corrected chi connectivity index (χ1v) is 8.88. The first-order chi connectivity index (χ1) is 10.9. The molecular weight excluding hydrogens is 296 g/mol. The van der Waals surface area contributed by atoms with E-state index in [-0.39, 0.29) is 18.5 Å². The van der Waals surface area contributed by atoms with Crippen LogP contribution in [-0.4, -0.2) is 31.4 Å². The van der Waals surface area contributed by atoms with Crippen molar-refractivity contribution < 1.29 is 23.8 Å². The highest BCUT2D eigenvalue weighted by molar-refractivity contribution is 5.78. The number of esters is 1. The Labute approximate surface area is 141 Å². The summed E-state index contributed by atoms with van der Waals surface area (Å²) in [7, 11) is 0. The Hall–Kier alpha value is -1.26. The van der Waals surface area contributed by atoms with Gasteiger partial charge in [0.25, 0.3) is 0 Å². The zero-order valence-electron chi connectivity index (χ0n) is 15.6. The third kappa shape index (κ3) is 6.80. The Bertz CT molecular complexity index is 353. The first kappa shape index (κ1) is 21.7. The van der Waals surface area contributed by atoms with E-state index in [1.807, 2.05) is 20.8 Å². The maximum Gasteiger partial charge on any atom is 0.508 e. The number of ether oxygens (including phenoxy) is 3. The van der Waals surface area contributed by atoms with Crippen LogP contribution in [-0.2, 0) is 19.0 Å². The van der Waals surface area contributed by atoms with Crippen LogP contribution in [0.2, 0.25) is 0 Å². The molecule has 136 valence electrons. The van der Waals surface area contributed by atoms with Gasteiger partial charge in [0.15, 0.2) is 0 Å². The molecule has 0 spiro atoms. The van der Waals surface area contributed by atoms with Gasteiger partial charge in [0.2, 0.25) is 0 Å². The van der Waals surface area contributed by atoms with Gasteiger partial charge >= 0.3 is 12.1 Å². The summed E-state index contributed by atoms with van der Waals surface area (Å²) >= 11 is 0. The molecule has 0 amide bonds. The quantitative estimate of drug-likeness (QED) is 0.513. The largest absolute Gasteiger partial charge is 0.508 e. The fraction of sp³-hybridized carbons (Fsp3) is 0.889. The number of unbranched alkanes of at least 4 members (excludes halogenated alkanes) is 1. The lowest BCUT2D eigenvalue weighted by Crippen LogP contribution is -2.46. The van der Waals surface area contributed by atoms with E-state index >= 15 is 0 Å². The summed E-state index contributed by atoms with van der Waals surface area (Å²) < 4.78 is 15.8. The summed E-state index contributed by atoms with van der Waals surface area (Å²) in [6, 6.07) is 0. The average Bonchev–Trinajstić information content (AvgIpc) is 2.48. The van der Waals surface area contributed by atoms with Crippen LogP contribution in [0.25, 0.3) is 0 Å². The van der Waals surface area contributed by atoms with Gasteiger partial charge in [0.1, 0.15) is 11.5 Å². The third-order valence-corrected chi connectivity index (χ3v) is 4.09. The van der Waals surface area contributed by atoms with E-state index in [4.69, 9.17) is 14.2 Å². The van der Waals surface area contributed by atoms with Crippen molar-refractivity contribution in [3.63, 3.8) is 0 Å². The number of rotatable bonds is 11. The molecule has 0 rings (SSSR count). The van der Waals surface area contributed by atoms with E-state index in [1.54, 1.807) is 13.8 Å². The molecule has 0 bridgehead atoms. The second-order valence-electron chi connectivity index (χ2n) is 6.25. The molecule has 2 unspecified atom stereocenters. The van der Waals surface area contributed by atoms with Gasteiger partial charge in [-0.1, -0.05) is 40.5 Å². The topological polar surface area (TPSA) is 61.8 Å². The SMILES string of the molecule is CCCCC(CC)(C(=O)OCC)C(CC(C)C)OC(=O)OCC. The second kappa shape index (κ2) is 11.3. The molecule has 0 aromatic heterocycles. The van der Waals surface area contributed by atoms with Crippen LogP contribution in [0.3, 0.4) is 0 Å². The van der Waals surface area contributed by atoms with E-state index in [2.05, 4.69) is 6.92 Å². The zero-order chi connectivity index (χ0) is 17.9. The molecule has 5 nitrogen and oxygen atoms in total. The van der Waals surface area contributed by atoms with E-state index in [9.17, 15) is 9.59 Å². The normalized spacial score (nSPS) is 14.9. The minimum atomic E-state index is -0.803. The Kier molecular flexibility index (Phi) is 10.7. The lowest BCUT2D eigenvalue weighted by molar-refractivity contribution is -0.166. The smallest absolute Gasteiger partial charge is 0.465 e. The van der Waals surface area contributed by atoms with Gasteiger partial charge < -0.3 is 14.2 Å². The number of carbonyl (C=O) groups excluding carboxylic acids is 2. The standard InChI is InChI=1S/C18H34O5/c1-7-11-12-18(8-2,16(19)21-9-3)15(13-14(5)6)23-17(20)22-10-4/h14-15H,7-13H2,1-6H3. The van der Waals surface area contributed by atoms with Crippen LogP contribution >= 0.6 is 0 Å². The van der Waals surface area contributed by atoms with Crippen molar-refractivity contribution in [3.05, 3.63) is 0 Å². The van der Waals surface area contributed by atoms with Crippen LogP contribution in [0.1, 0.15) is 73.6 Å². The summed E-state index contributed by atoms with van der Waals surface area (Å²) in [5, 5.41) is 0. The van der Waals surface area contributed by atoms with Crippen LogP contribution in [0.5, 0.6) is 0 Å². The Balaban J connectivity index is 5.55. The van der Waals surface area contributed by atoms with Gasteiger partial charge in [-0.05, 0) is 39.0 Å². The molecule has 2 atom stereocenters. The van der Waals surface area contributed by atoms with Crippen molar-refractivity contribution >= 4 is 12.1 Å². The van der Waals surface area contributed by atoms with E-state index < -0.39 is 17.7 Å². The van der Waals surface area contributed by atoms with Crippen molar-refractivity contribution in [1.29, 1.82) is 0 Å². The lowest BCUT2D eigenvalue weighted by Gasteiger charge is -2.38. The van der Waals surface area contributed by atoms with Crippen molar-refractivity contribution in [2.75, 3.05) is 13.2 Å². The number of hydrogen-bond donors (Lipinski definition) is 0. The summed E-state index contributed by atoms with van der Waals surface area (Å²) in [6.07, 6.45) is 2.43. The molecule has 23 heavy (non-hydrogen) atoms. The highest BCUT2D eigenvalue weighted by atomic mass is 16.7. The van der Waals surface area contributed by atoms with Crippen molar-refractivity contribution in [1.82, 2.24) is 0 Å². The predicted octanol–water partition coefficient (Wildman–Crippen LogP) is 4.72. The van der Waals surface area contributed by atoms with Crippen molar-refractivity contribution in [3.8, 4) is 0 Å². The third-order valence-electron chi connectivity index (χ3n) is 4.09. The highest BCUT2D eigenvalue weighted by Gasteiger charge is 2.47. The summed E-state index contributed by atoms with van der Waals surface area (Å²) in [4.78, 5) is 24.6. The molecule has 0 aromatic rings. The van der Waals surface area contributed by atoms with E-state index in [0.717, 1.165) is 12.8 Å². The minimum Gasteiger partial charge on any atom is -0.465 e. The average molecular weight is 330 g/mol. The molecular formula is C18H34O5. The highest BCUT2D eigenvalue weighted by Crippen LogP contribution is 2.39. The monoisotopic (exact) mass is 330 g/mol. The molecule has 0 fully saturated rings. The molecule has 0 aliphatic rings. The van der Waals surface area contributed by atoms with Gasteiger partial charge in [0.05, 0.1) is 13.2 Å². The van der Waals surface area contributed by atoms with Crippen LogP contribution in [0, 0.1) is 11.3 Å². The van der Waals surface area contributed by atoms with Gasteiger partial charge in [0, 0.05) is 0 Å². The van der Waals surface area contributed by atoms with E-state index in [0.29, 0.717) is 25.9 Å². The predicted molar refractivity (Wildman–Crippen MR) is 90.2 cm³/mol. The van der Waals surface area contributed by atoms with Gasteiger partial charge in [-0.15, -0.1) is 0 Å². The molecule has 0 aliphatic carbocycles. The summed E-state index contributed by atoms with van der Waals surface area (Å²) in [5.41, 5.74) is -0.803. The maximum atomic E-state index is 12.7. The molecule has 0 saturated carbocycles. The number of hydrogen-bond acceptors (Lipinski definition) is 5. The molecule has 0 saturated heterocycles. The summed E-state index contributed by atoms with van der Waals surface area (Å²) in [5.74, 6) is 0.0160. The zero-order valence-corrected chi connectivity index (χ0v) is 15.6. The lowest BCUT2D eigenvalue weighted by atomic mass is 9.72. The molecule has 0 radical (unpaired) electrons. The van der Waals surface area contributed by atoms with Crippen LogP contribution in [0.15, 0.2) is 0 Å². The maximum absolute atomic E-state index is 12.7. The van der Waals surface area contributed by atoms with Gasteiger partial charge in [-0.3, -0.25) is 4.79 Å². The van der Waals surface area contributed by atoms with Gasteiger partial charge in [-0.25, -0.2) is 4.79 Å². The molecule has 0 heterocycles. The fourth-order valence-electron chi connectivity index (χ4n) is 2.79. The Morgan fingerprint density at radius 1 is 1.00 bits per heavy atom. The van der Waals surface area contributed by atoms with Crippen LogP contribution < -0.4 is 0 Å². The molecule has 5 heteroatoms. The van der Waals surface area contributed by atoms with E-state index in [1.165, 1.54) is 0 Å². The number of carbonyl (C=O) groups is 2. The minimum absolute atomic E-state index is 0.251. The molecule has 0 aromatic carbocycles. The first-order valence-electron chi connectivity index (χ1n) is 8.88.